The molecule has 162 valence electrons. The van der Waals surface area contributed by atoms with Crippen LogP contribution in [0.5, 0.6) is 5.75 Å². The molecule has 1 heterocycles. The van der Waals surface area contributed by atoms with Crippen molar-refractivity contribution in [3.63, 3.8) is 0 Å². The number of rotatable bonds is 7. The highest BCUT2D eigenvalue weighted by Crippen LogP contribution is 2.22. The Morgan fingerprint density at radius 2 is 1.87 bits per heavy atom. The number of amides is 2. The Balaban J connectivity index is 1.74. The van der Waals surface area contributed by atoms with E-state index in [4.69, 9.17) is 4.74 Å². The third-order valence-corrected chi connectivity index (χ3v) is 6.80. The van der Waals surface area contributed by atoms with Crippen LogP contribution in [0.15, 0.2) is 53.4 Å². The van der Waals surface area contributed by atoms with Crippen LogP contribution in [0, 0.1) is 0 Å². The molecular formula is C21H27N3O5S. The van der Waals surface area contributed by atoms with E-state index in [0.29, 0.717) is 24.4 Å². The number of hydrogen-bond acceptors (Lipinski definition) is 5. The van der Waals surface area contributed by atoms with Crippen LogP contribution in [0.4, 0.5) is 10.5 Å². The molecule has 0 aliphatic carbocycles. The second-order valence-corrected chi connectivity index (χ2v) is 9.54. The summed E-state index contributed by atoms with van der Waals surface area (Å²) in [5.74, 6) is 0.126. The van der Waals surface area contributed by atoms with Gasteiger partial charge in [-0.3, -0.25) is 0 Å². The lowest BCUT2D eigenvalue weighted by Gasteiger charge is -2.26. The zero-order valence-corrected chi connectivity index (χ0v) is 17.9. The summed E-state index contributed by atoms with van der Waals surface area (Å²) in [6, 6.07) is 12.6. The zero-order chi connectivity index (χ0) is 21.7. The number of aromatic hydroxyl groups is 1. The first-order valence-corrected chi connectivity index (χ1v) is 11.2. The van der Waals surface area contributed by atoms with E-state index in [-0.39, 0.29) is 29.3 Å². The molecule has 2 N–H and O–H groups in total. The number of phenolic OH excluding ortho intramolecular Hbond substituents is 1. The third-order valence-electron chi connectivity index (χ3n) is 4.97. The van der Waals surface area contributed by atoms with Gasteiger partial charge in [-0.05, 0) is 43.2 Å². The van der Waals surface area contributed by atoms with Gasteiger partial charge in [0.25, 0.3) is 0 Å². The van der Waals surface area contributed by atoms with Crippen molar-refractivity contribution < 1.29 is 23.1 Å². The molecule has 2 aromatic carbocycles. The first kappa shape index (κ1) is 22.1. The third kappa shape index (κ3) is 5.29. The normalized spacial score (nSPS) is 16.6. The van der Waals surface area contributed by atoms with Crippen LogP contribution in [0.1, 0.15) is 18.4 Å². The highest BCUT2D eigenvalue weighted by atomic mass is 32.2. The Labute approximate surface area is 177 Å². The van der Waals surface area contributed by atoms with Crippen LogP contribution in [0.2, 0.25) is 0 Å². The number of para-hydroxylation sites is 1. The summed E-state index contributed by atoms with van der Waals surface area (Å²) in [5, 5.41) is 12.9. The lowest BCUT2D eigenvalue weighted by molar-refractivity contribution is 0.0817. The fraction of sp³-hybridized carbons (Fsp3) is 0.381. The average Bonchev–Trinajstić information content (AvgIpc) is 3.22. The number of phenols is 1. The van der Waals surface area contributed by atoms with Crippen LogP contribution in [0.25, 0.3) is 0 Å². The summed E-state index contributed by atoms with van der Waals surface area (Å²) in [4.78, 5) is 14.7. The predicted octanol–water partition coefficient (Wildman–Crippen LogP) is 2.86. The molecule has 9 heteroatoms. The number of carbonyl (C=O) groups is 1. The Morgan fingerprint density at radius 3 is 2.47 bits per heavy atom. The first-order chi connectivity index (χ1) is 14.3. The second kappa shape index (κ2) is 9.46. The molecule has 2 aromatic rings. The van der Waals surface area contributed by atoms with Crippen molar-refractivity contribution in [1.29, 1.82) is 0 Å². The first-order valence-electron chi connectivity index (χ1n) is 9.74. The minimum atomic E-state index is -3.53. The molecule has 1 fully saturated rings. The summed E-state index contributed by atoms with van der Waals surface area (Å²) in [6.45, 7) is 1.30. The van der Waals surface area contributed by atoms with Gasteiger partial charge in [0.15, 0.2) is 0 Å². The molecule has 0 spiro atoms. The molecule has 30 heavy (non-hydrogen) atoms. The molecule has 1 aliphatic heterocycles. The lowest BCUT2D eigenvalue weighted by Crippen LogP contribution is -2.39. The summed E-state index contributed by atoms with van der Waals surface area (Å²) in [7, 11) is -0.603. The van der Waals surface area contributed by atoms with Crippen LogP contribution >= 0.6 is 0 Å². The van der Waals surface area contributed by atoms with Crippen LogP contribution in [0.3, 0.4) is 0 Å². The maximum Gasteiger partial charge on any atom is 0.322 e. The van der Waals surface area contributed by atoms with Crippen molar-refractivity contribution >= 4 is 21.7 Å². The zero-order valence-electron chi connectivity index (χ0n) is 17.1. The Hall–Kier alpha value is -2.62. The van der Waals surface area contributed by atoms with E-state index < -0.39 is 10.0 Å². The molecule has 0 aromatic heterocycles. The fourth-order valence-electron chi connectivity index (χ4n) is 3.23. The van der Waals surface area contributed by atoms with E-state index in [2.05, 4.69) is 5.32 Å². The molecule has 0 unspecified atom stereocenters. The number of benzene rings is 2. The van der Waals surface area contributed by atoms with Gasteiger partial charge in [0, 0.05) is 38.5 Å². The van der Waals surface area contributed by atoms with E-state index in [9.17, 15) is 18.3 Å². The number of nitrogens with zero attached hydrogens (tertiary/aromatic N) is 2. The minimum absolute atomic E-state index is 0.0470. The van der Waals surface area contributed by atoms with E-state index in [0.717, 1.165) is 17.1 Å². The predicted molar refractivity (Wildman–Crippen MR) is 114 cm³/mol. The molecule has 0 saturated carbocycles. The average molecular weight is 434 g/mol. The van der Waals surface area contributed by atoms with Gasteiger partial charge < -0.3 is 20.1 Å². The van der Waals surface area contributed by atoms with E-state index in [1.807, 2.05) is 0 Å². The maximum absolute atomic E-state index is 13.0. The van der Waals surface area contributed by atoms with E-state index in [1.165, 1.54) is 26.2 Å². The summed E-state index contributed by atoms with van der Waals surface area (Å²) >= 11 is 0. The number of urea groups is 1. The quantitative estimate of drug-likeness (QED) is 0.700. The van der Waals surface area contributed by atoms with Gasteiger partial charge in [-0.2, -0.15) is 0 Å². The number of nitrogens with one attached hydrogen (secondary N) is 1. The molecule has 8 nitrogen and oxygen atoms in total. The van der Waals surface area contributed by atoms with Crippen LogP contribution < -0.4 is 5.32 Å². The molecule has 1 atom stereocenters. The Kier molecular flexibility index (Phi) is 6.96. The molecule has 2 amide bonds. The van der Waals surface area contributed by atoms with E-state index in [1.54, 1.807) is 41.3 Å². The van der Waals surface area contributed by atoms with Gasteiger partial charge in [-0.25, -0.2) is 17.5 Å². The Morgan fingerprint density at radius 1 is 1.17 bits per heavy atom. The molecule has 1 aliphatic rings. The van der Waals surface area contributed by atoms with Gasteiger partial charge in [0.2, 0.25) is 10.0 Å². The van der Waals surface area contributed by atoms with Gasteiger partial charge in [0.05, 0.1) is 17.5 Å². The van der Waals surface area contributed by atoms with Crippen LogP contribution in [-0.4, -0.2) is 62.1 Å². The van der Waals surface area contributed by atoms with Gasteiger partial charge in [-0.15, -0.1) is 0 Å². The fourth-order valence-corrected chi connectivity index (χ4v) is 4.13. The topological polar surface area (TPSA) is 99.2 Å². The van der Waals surface area contributed by atoms with Gasteiger partial charge >= 0.3 is 6.03 Å². The maximum atomic E-state index is 13.0. The monoisotopic (exact) mass is 433 g/mol. The second-order valence-electron chi connectivity index (χ2n) is 7.39. The number of ether oxygens (including phenoxy) is 1. The van der Waals surface area contributed by atoms with Crippen molar-refractivity contribution in [2.24, 2.45) is 0 Å². The number of sulfonamides is 1. The highest BCUT2D eigenvalue weighted by molar-refractivity contribution is 7.89. The molecule has 0 bridgehead atoms. The van der Waals surface area contributed by atoms with Crippen LogP contribution in [-0.2, 0) is 21.3 Å². The highest BCUT2D eigenvalue weighted by Gasteiger charge is 2.24. The number of anilines is 1. The SMILES string of the molecule is CN(C)S(=O)(=O)c1ccc(NC(=O)N(Cc2ccccc2O)C[C@H]2CCCO2)cc1. The standard InChI is InChI=1S/C21H27N3O5S/c1-23(2)30(27,28)19-11-9-17(10-12-19)22-21(26)24(15-18-7-5-13-29-18)14-16-6-3-4-8-20(16)25/h3-4,6,8-12,18,25H,5,7,13-15H2,1-2H3,(H,22,26)/t18-/m1/s1. The molecule has 1 saturated heterocycles. The lowest BCUT2D eigenvalue weighted by atomic mass is 10.1. The van der Waals surface area contributed by atoms with Crippen molar-refractivity contribution in [2.75, 3.05) is 32.6 Å². The van der Waals surface area contributed by atoms with Crippen molar-refractivity contribution in [1.82, 2.24) is 9.21 Å². The molecule has 3 rings (SSSR count). The minimum Gasteiger partial charge on any atom is -0.508 e. The largest absolute Gasteiger partial charge is 0.508 e. The number of hydrogen-bond donors (Lipinski definition) is 2. The van der Waals surface area contributed by atoms with Crippen molar-refractivity contribution in [3.05, 3.63) is 54.1 Å². The summed E-state index contributed by atoms with van der Waals surface area (Å²) in [6.07, 6.45) is 1.79. The molecule has 0 radical (unpaired) electrons. The van der Waals surface area contributed by atoms with Gasteiger partial charge in [-0.1, -0.05) is 18.2 Å². The molecular weight excluding hydrogens is 406 g/mol. The van der Waals surface area contributed by atoms with Crippen molar-refractivity contribution in [2.45, 2.75) is 30.4 Å². The summed E-state index contributed by atoms with van der Waals surface area (Å²) in [5.41, 5.74) is 1.12. The van der Waals surface area contributed by atoms with E-state index >= 15 is 0 Å². The smallest absolute Gasteiger partial charge is 0.322 e. The summed E-state index contributed by atoms with van der Waals surface area (Å²) < 4.78 is 31.2. The van der Waals surface area contributed by atoms with Gasteiger partial charge in [0.1, 0.15) is 5.75 Å². The Bertz CT molecular complexity index is 970. The van der Waals surface area contributed by atoms with Crippen molar-refractivity contribution in [3.8, 4) is 5.75 Å². The number of carbonyl (C=O) groups excluding carboxylic acids is 1.